The highest BCUT2D eigenvalue weighted by Gasteiger charge is 2.03. The zero-order valence-electron chi connectivity index (χ0n) is 5.39. The van der Waals surface area contributed by atoms with Gasteiger partial charge in [-0.05, 0) is 18.6 Å². The molecular formula is C7H8FN2. The monoisotopic (exact) mass is 139 g/mol. The summed E-state index contributed by atoms with van der Waals surface area (Å²) in [6.07, 6.45) is 0. The summed E-state index contributed by atoms with van der Waals surface area (Å²) in [5.74, 6) is -0.576. The molecule has 0 saturated heterocycles. The van der Waals surface area contributed by atoms with Crippen LogP contribution in [-0.4, -0.2) is 0 Å². The van der Waals surface area contributed by atoms with Crippen LogP contribution in [0.2, 0.25) is 0 Å². The van der Waals surface area contributed by atoms with Gasteiger partial charge >= 0.3 is 0 Å². The average molecular weight is 139 g/mol. The third-order valence-corrected chi connectivity index (χ3v) is 1.30. The summed E-state index contributed by atoms with van der Waals surface area (Å²) in [7, 11) is 0. The number of benzene rings is 1. The van der Waals surface area contributed by atoms with Crippen molar-refractivity contribution in [1.82, 2.24) is 0 Å². The van der Waals surface area contributed by atoms with Crippen molar-refractivity contribution < 1.29 is 4.39 Å². The number of hydrogen-bond acceptors (Lipinski definition) is 2. The first-order chi connectivity index (χ1) is 4.63. The summed E-state index contributed by atoms with van der Waals surface area (Å²) >= 11 is 0. The van der Waals surface area contributed by atoms with Gasteiger partial charge in [0.1, 0.15) is 0 Å². The van der Waals surface area contributed by atoms with Crippen LogP contribution < -0.4 is 11.5 Å². The standard InChI is InChI=1S/C7H8FN2/c1-4-2-3-5(9)6(8)7(4)10/h2-3H,1,9-10H2. The van der Waals surface area contributed by atoms with Crippen molar-refractivity contribution in [1.29, 1.82) is 0 Å². The van der Waals surface area contributed by atoms with E-state index in [2.05, 4.69) is 6.92 Å². The van der Waals surface area contributed by atoms with E-state index in [9.17, 15) is 4.39 Å². The quantitative estimate of drug-likeness (QED) is 0.530. The number of hydrogen-bond donors (Lipinski definition) is 2. The van der Waals surface area contributed by atoms with Crippen LogP contribution in [0.3, 0.4) is 0 Å². The van der Waals surface area contributed by atoms with Crippen LogP contribution in [0.1, 0.15) is 5.56 Å². The van der Waals surface area contributed by atoms with Gasteiger partial charge in [-0.25, -0.2) is 4.39 Å². The maximum Gasteiger partial charge on any atom is 0.169 e. The van der Waals surface area contributed by atoms with Crippen molar-refractivity contribution in [2.45, 2.75) is 0 Å². The molecule has 0 amide bonds. The molecule has 0 spiro atoms. The second-order valence-corrected chi connectivity index (χ2v) is 2.04. The van der Waals surface area contributed by atoms with E-state index < -0.39 is 5.82 Å². The Morgan fingerprint density at radius 1 is 1.30 bits per heavy atom. The second kappa shape index (κ2) is 2.17. The van der Waals surface area contributed by atoms with Crippen LogP contribution in [0.5, 0.6) is 0 Å². The van der Waals surface area contributed by atoms with Gasteiger partial charge < -0.3 is 11.5 Å². The molecule has 0 aromatic heterocycles. The third-order valence-electron chi connectivity index (χ3n) is 1.30. The van der Waals surface area contributed by atoms with E-state index in [0.29, 0.717) is 5.56 Å². The predicted molar refractivity (Wildman–Crippen MR) is 39.7 cm³/mol. The first-order valence-corrected chi connectivity index (χ1v) is 2.78. The molecule has 2 nitrogen and oxygen atoms in total. The van der Waals surface area contributed by atoms with E-state index in [4.69, 9.17) is 11.5 Å². The summed E-state index contributed by atoms with van der Waals surface area (Å²) < 4.78 is 12.7. The van der Waals surface area contributed by atoms with Crippen molar-refractivity contribution in [3.8, 4) is 0 Å². The summed E-state index contributed by atoms with van der Waals surface area (Å²) in [5, 5.41) is 0. The molecule has 0 unspecified atom stereocenters. The van der Waals surface area contributed by atoms with Crippen molar-refractivity contribution in [2.24, 2.45) is 0 Å². The molecule has 10 heavy (non-hydrogen) atoms. The van der Waals surface area contributed by atoms with Gasteiger partial charge in [-0.15, -0.1) is 0 Å². The van der Waals surface area contributed by atoms with Crippen LogP contribution >= 0.6 is 0 Å². The normalized spacial score (nSPS) is 9.80. The summed E-state index contributed by atoms with van der Waals surface area (Å²) in [4.78, 5) is 0. The van der Waals surface area contributed by atoms with Crippen molar-refractivity contribution in [3.05, 3.63) is 30.4 Å². The second-order valence-electron chi connectivity index (χ2n) is 2.04. The molecule has 0 atom stereocenters. The Morgan fingerprint density at radius 3 is 2.40 bits per heavy atom. The fraction of sp³-hybridized carbons (Fsp3) is 0. The molecule has 0 aliphatic carbocycles. The van der Waals surface area contributed by atoms with Gasteiger partial charge in [-0.3, -0.25) is 0 Å². The molecule has 53 valence electrons. The molecule has 0 saturated carbocycles. The zero-order chi connectivity index (χ0) is 7.72. The van der Waals surface area contributed by atoms with Crippen molar-refractivity contribution in [3.63, 3.8) is 0 Å². The van der Waals surface area contributed by atoms with Gasteiger partial charge in [-0.1, -0.05) is 6.07 Å². The molecule has 0 fully saturated rings. The molecule has 0 aliphatic rings. The Balaban J connectivity index is 3.34. The number of nitrogens with two attached hydrogens (primary N) is 2. The fourth-order valence-electron chi connectivity index (χ4n) is 0.650. The minimum Gasteiger partial charge on any atom is -0.396 e. The van der Waals surface area contributed by atoms with Gasteiger partial charge in [0.2, 0.25) is 0 Å². The van der Waals surface area contributed by atoms with Crippen LogP contribution in [-0.2, 0) is 0 Å². The molecule has 0 aliphatic heterocycles. The lowest BCUT2D eigenvalue weighted by Crippen LogP contribution is -1.98. The minimum absolute atomic E-state index is 0.0278. The van der Waals surface area contributed by atoms with Gasteiger partial charge in [0.15, 0.2) is 5.82 Å². The van der Waals surface area contributed by atoms with Crippen LogP contribution in [0.4, 0.5) is 15.8 Å². The highest BCUT2D eigenvalue weighted by Crippen LogP contribution is 2.20. The van der Waals surface area contributed by atoms with E-state index in [1.807, 2.05) is 0 Å². The maximum atomic E-state index is 12.7. The van der Waals surface area contributed by atoms with E-state index in [-0.39, 0.29) is 11.4 Å². The van der Waals surface area contributed by atoms with E-state index in [1.165, 1.54) is 6.07 Å². The first-order valence-electron chi connectivity index (χ1n) is 2.78. The molecule has 4 N–H and O–H groups in total. The Morgan fingerprint density at radius 2 is 1.90 bits per heavy atom. The zero-order valence-corrected chi connectivity index (χ0v) is 5.39. The van der Waals surface area contributed by atoms with E-state index in [0.717, 1.165) is 0 Å². The van der Waals surface area contributed by atoms with E-state index >= 15 is 0 Å². The number of rotatable bonds is 0. The molecule has 1 aromatic carbocycles. The molecule has 0 bridgehead atoms. The van der Waals surface area contributed by atoms with Gasteiger partial charge in [0.05, 0.1) is 11.4 Å². The first kappa shape index (κ1) is 6.86. The molecule has 0 heterocycles. The molecule has 1 aromatic rings. The van der Waals surface area contributed by atoms with Crippen molar-refractivity contribution in [2.75, 3.05) is 11.5 Å². The lowest BCUT2D eigenvalue weighted by molar-refractivity contribution is 0.636. The summed E-state index contributed by atoms with van der Waals surface area (Å²) in [5.41, 5.74) is 11.0. The molecule has 1 radical (unpaired) electrons. The highest BCUT2D eigenvalue weighted by atomic mass is 19.1. The number of halogens is 1. The number of anilines is 2. The van der Waals surface area contributed by atoms with Crippen LogP contribution in [0, 0.1) is 12.7 Å². The minimum atomic E-state index is -0.576. The van der Waals surface area contributed by atoms with Gasteiger partial charge in [-0.2, -0.15) is 0 Å². The van der Waals surface area contributed by atoms with Gasteiger partial charge in [0.25, 0.3) is 0 Å². The smallest absolute Gasteiger partial charge is 0.169 e. The Labute approximate surface area is 58.6 Å². The Kier molecular flexibility index (Phi) is 1.49. The van der Waals surface area contributed by atoms with Crippen molar-refractivity contribution >= 4 is 11.4 Å². The SMILES string of the molecule is [CH2]c1ccc(N)c(F)c1N. The average Bonchev–Trinajstić information content (AvgIpc) is 1.93. The largest absolute Gasteiger partial charge is 0.396 e. The van der Waals surface area contributed by atoms with Gasteiger partial charge in [0, 0.05) is 0 Å². The third kappa shape index (κ3) is 0.900. The molecule has 3 heteroatoms. The summed E-state index contributed by atoms with van der Waals surface area (Å²) in [6, 6.07) is 3.02. The predicted octanol–water partition coefficient (Wildman–Crippen LogP) is 1.17. The maximum absolute atomic E-state index is 12.7. The topological polar surface area (TPSA) is 52.0 Å². The number of nitrogen functional groups attached to an aromatic ring is 2. The van der Waals surface area contributed by atoms with Crippen LogP contribution in [0.25, 0.3) is 0 Å². The van der Waals surface area contributed by atoms with E-state index in [1.54, 1.807) is 6.07 Å². The lowest BCUT2D eigenvalue weighted by Gasteiger charge is -2.02. The molecule has 1 rings (SSSR count). The highest BCUT2D eigenvalue weighted by molar-refractivity contribution is 5.59. The fourth-order valence-corrected chi connectivity index (χ4v) is 0.650. The lowest BCUT2D eigenvalue weighted by atomic mass is 10.2. The Bertz CT molecular complexity index is 231. The summed E-state index contributed by atoms with van der Waals surface area (Å²) in [6.45, 7) is 3.50. The van der Waals surface area contributed by atoms with Crippen LogP contribution in [0.15, 0.2) is 12.1 Å². The molecular weight excluding hydrogens is 131 g/mol. The Hall–Kier alpha value is -1.25.